The summed E-state index contributed by atoms with van der Waals surface area (Å²) in [5.41, 5.74) is 0.997. The van der Waals surface area contributed by atoms with E-state index in [2.05, 4.69) is 0 Å². The van der Waals surface area contributed by atoms with Crippen LogP contribution in [0.15, 0.2) is 54.6 Å². The quantitative estimate of drug-likeness (QED) is 0.854. The van der Waals surface area contributed by atoms with Crippen LogP contribution < -0.4 is 0 Å². The van der Waals surface area contributed by atoms with Crippen LogP contribution in [-0.2, 0) is 10.8 Å². The lowest BCUT2D eigenvalue weighted by Crippen LogP contribution is -2.44. The van der Waals surface area contributed by atoms with Crippen molar-refractivity contribution in [3.05, 3.63) is 71.5 Å². The average molecular weight is 317 g/mol. The van der Waals surface area contributed by atoms with Crippen molar-refractivity contribution in [1.29, 1.82) is 0 Å². The first-order chi connectivity index (χ1) is 10.7. The number of benzene rings is 2. The van der Waals surface area contributed by atoms with E-state index in [4.69, 9.17) is 0 Å². The highest BCUT2D eigenvalue weighted by atomic mass is 32.2. The van der Waals surface area contributed by atoms with Gasteiger partial charge in [-0.15, -0.1) is 0 Å². The SMILES string of the molecule is O=C(c1ccccc1F)N1CCS(=O)CC1c1ccccc1. The number of carbonyl (C=O) groups is 1. The van der Waals surface area contributed by atoms with Crippen molar-refractivity contribution < 1.29 is 13.4 Å². The maximum atomic E-state index is 13.9. The van der Waals surface area contributed by atoms with Crippen molar-refractivity contribution in [2.45, 2.75) is 6.04 Å². The first kappa shape index (κ1) is 14.9. The van der Waals surface area contributed by atoms with Gasteiger partial charge >= 0.3 is 0 Å². The van der Waals surface area contributed by atoms with Gasteiger partial charge in [0.15, 0.2) is 0 Å². The molecule has 2 aromatic carbocycles. The van der Waals surface area contributed by atoms with Crippen molar-refractivity contribution in [1.82, 2.24) is 4.90 Å². The van der Waals surface area contributed by atoms with E-state index in [1.54, 1.807) is 17.0 Å². The van der Waals surface area contributed by atoms with Crippen molar-refractivity contribution in [3.63, 3.8) is 0 Å². The third kappa shape index (κ3) is 2.95. The Labute approximate surface area is 131 Å². The molecule has 0 N–H and O–H groups in total. The third-order valence-electron chi connectivity index (χ3n) is 3.83. The van der Waals surface area contributed by atoms with Crippen molar-refractivity contribution >= 4 is 16.7 Å². The topological polar surface area (TPSA) is 37.4 Å². The fourth-order valence-electron chi connectivity index (χ4n) is 2.69. The molecule has 5 heteroatoms. The maximum absolute atomic E-state index is 13.9. The van der Waals surface area contributed by atoms with Crippen LogP contribution in [0.2, 0.25) is 0 Å². The monoisotopic (exact) mass is 317 g/mol. The summed E-state index contributed by atoms with van der Waals surface area (Å²) in [4.78, 5) is 14.3. The van der Waals surface area contributed by atoms with Crippen molar-refractivity contribution in [2.75, 3.05) is 18.1 Å². The molecule has 1 fully saturated rings. The van der Waals surface area contributed by atoms with Gasteiger partial charge in [-0.05, 0) is 17.7 Å². The van der Waals surface area contributed by atoms with Gasteiger partial charge < -0.3 is 4.90 Å². The second kappa shape index (κ2) is 6.40. The van der Waals surface area contributed by atoms with Gasteiger partial charge in [0.05, 0.1) is 11.6 Å². The summed E-state index contributed by atoms with van der Waals surface area (Å²) in [6, 6.07) is 15.2. The summed E-state index contributed by atoms with van der Waals surface area (Å²) < 4.78 is 25.8. The molecule has 0 spiro atoms. The molecule has 1 aliphatic heterocycles. The average Bonchev–Trinajstić information content (AvgIpc) is 2.55. The number of halogens is 1. The van der Waals surface area contributed by atoms with Gasteiger partial charge in [0.1, 0.15) is 5.82 Å². The highest BCUT2D eigenvalue weighted by Gasteiger charge is 2.32. The zero-order chi connectivity index (χ0) is 15.5. The maximum Gasteiger partial charge on any atom is 0.257 e. The van der Waals surface area contributed by atoms with Crippen molar-refractivity contribution in [3.8, 4) is 0 Å². The lowest BCUT2D eigenvalue weighted by Gasteiger charge is -2.35. The summed E-state index contributed by atoms with van der Waals surface area (Å²) in [7, 11) is -0.957. The van der Waals surface area contributed by atoms with Crippen LogP contribution in [-0.4, -0.2) is 33.1 Å². The zero-order valence-corrected chi connectivity index (χ0v) is 12.8. The Balaban J connectivity index is 1.95. The first-order valence-electron chi connectivity index (χ1n) is 7.12. The highest BCUT2D eigenvalue weighted by molar-refractivity contribution is 7.85. The Hall–Kier alpha value is -2.01. The van der Waals surface area contributed by atoms with Crippen LogP contribution in [0, 0.1) is 5.82 Å². The summed E-state index contributed by atoms with van der Waals surface area (Å²) in [6.45, 7) is 0.374. The molecule has 0 saturated carbocycles. The Morgan fingerprint density at radius 2 is 1.77 bits per heavy atom. The molecule has 1 aliphatic rings. The molecule has 0 bridgehead atoms. The lowest BCUT2D eigenvalue weighted by atomic mass is 10.0. The second-order valence-corrected chi connectivity index (χ2v) is 6.84. The van der Waals surface area contributed by atoms with E-state index in [9.17, 15) is 13.4 Å². The molecule has 3 rings (SSSR count). The Kier molecular flexibility index (Phi) is 4.34. The van der Waals surface area contributed by atoms with Gasteiger partial charge in [0.25, 0.3) is 5.91 Å². The molecule has 2 aromatic rings. The summed E-state index contributed by atoms with van der Waals surface area (Å²) in [5, 5.41) is 0. The van der Waals surface area contributed by atoms with Crippen LogP contribution >= 0.6 is 0 Å². The number of amides is 1. The van der Waals surface area contributed by atoms with Crippen LogP contribution in [0.5, 0.6) is 0 Å². The molecule has 114 valence electrons. The molecule has 1 heterocycles. The van der Waals surface area contributed by atoms with Gasteiger partial charge in [-0.25, -0.2) is 4.39 Å². The van der Waals surface area contributed by atoms with E-state index in [0.29, 0.717) is 18.1 Å². The predicted octanol–water partition coefficient (Wildman–Crippen LogP) is 2.77. The number of nitrogens with zero attached hydrogens (tertiary/aromatic N) is 1. The van der Waals surface area contributed by atoms with Crippen LogP contribution in [0.25, 0.3) is 0 Å². The van der Waals surface area contributed by atoms with E-state index < -0.39 is 16.6 Å². The predicted molar refractivity (Wildman–Crippen MR) is 84.5 cm³/mol. The lowest BCUT2D eigenvalue weighted by molar-refractivity contribution is 0.0694. The fraction of sp³-hybridized carbons (Fsp3) is 0.235. The standard InChI is InChI=1S/C17H16FNO2S/c18-15-9-5-4-8-14(15)17(20)19-10-11-22(21)12-16(19)13-6-2-1-3-7-13/h1-9,16H,10-12H2. The molecular formula is C17H16FNO2S. The number of carbonyl (C=O) groups excluding carboxylic acids is 1. The summed E-state index contributed by atoms with van der Waals surface area (Å²) in [6.07, 6.45) is 0. The van der Waals surface area contributed by atoms with Gasteiger partial charge in [-0.3, -0.25) is 9.00 Å². The van der Waals surface area contributed by atoms with Gasteiger partial charge in [0, 0.05) is 28.9 Å². The fourth-order valence-corrected chi connectivity index (χ4v) is 3.98. The summed E-state index contributed by atoms with van der Waals surface area (Å²) >= 11 is 0. The highest BCUT2D eigenvalue weighted by Crippen LogP contribution is 2.27. The molecule has 2 unspecified atom stereocenters. The minimum atomic E-state index is -0.957. The molecular weight excluding hydrogens is 301 g/mol. The van der Waals surface area contributed by atoms with E-state index in [-0.39, 0.29) is 17.5 Å². The second-order valence-electron chi connectivity index (χ2n) is 5.22. The van der Waals surface area contributed by atoms with Gasteiger partial charge in [-0.2, -0.15) is 0 Å². The molecule has 22 heavy (non-hydrogen) atoms. The smallest absolute Gasteiger partial charge is 0.257 e. The Morgan fingerprint density at radius 1 is 1.09 bits per heavy atom. The van der Waals surface area contributed by atoms with E-state index >= 15 is 0 Å². The van der Waals surface area contributed by atoms with Crippen LogP contribution in [0.1, 0.15) is 22.0 Å². The number of hydrogen-bond donors (Lipinski definition) is 0. The van der Waals surface area contributed by atoms with E-state index in [1.807, 2.05) is 30.3 Å². The molecule has 2 atom stereocenters. The van der Waals surface area contributed by atoms with Gasteiger partial charge in [0.2, 0.25) is 0 Å². The molecule has 0 aliphatic carbocycles. The third-order valence-corrected chi connectivity index (χ3v) is 5.15. The summed E-state index contributed by atoms with van der Waals surface area (Å²) in [5.74, 6) is -0.0389. The van der Waals surface area contributed by atoms with Gasteiger partial charge in [-0.1, -0.05) is 42.5 Å². The number of hydrogen-bond acceptors (Lipinski definition) is 2. The molecule has 0 radical (unpaired) electrons. The normalized spacial score (nSPS) is 21.6. The van der Waals surface area contributed by atoms with Crippen LogP contribution in [0.3, 0.4) is 0 Å². The van der Waals surface area contributed by atoms with E-state index in [0.717, 1.165) is 5.56 Å². The molecule has 3 nitrogen and oxygen atoms in total. The Bertz CT molecular complexity index is 705. The molecule has 0 aromatic heterocycles. The zero-order valence-electron chi connectivity index (χ0n) is 11.9. The number of rotatable bonds is 2. The first-order valence-corrected chi connectivity index (χ1v) is 8.61. The minimum absolute atomic E-state index is 0.0658. The van der Waals surface area contributed by atoms with Crippen molar-refractivity contribution in [2.24, 2.45) is 0 Å². The van der Waals surface area contributed by atoms with Crippen LogP contribution in [0.4, 0.5) is 4.39 Å². The minimum Gasteiger partial charge on any atom is -0.330 e. The molecule has 1 saturated heterocycles. The Morgan fingerprint density at radius 3 is 2.50 bits per heavy atom. The van der Waals surface area contributed by atoms with E-state index in [1.165, 1.54) is 12.1 Å². The molecule has 1 amide bonds. The largest absolute Gasteiger partial charge is 0.330 e.